The second kappa shape index (κ2) is 5.66. The molecule has 0 amide bonds. The van der Waals surface area contributed by atoms with Gasteiger partial charge in [0, 0.05) is 18.0 Å². The van der Waals surface area contributed by atoms with E-state index in [4.69, 9.17) is 4.74 Å². The summed E-state index contributed by atoms with van der Waals surface area (Å²) in [6, 6.07) is 7.70. The molecule has 2 aliphatic rings. The van der Waals surface area contributed by atoms with Crippen LogP contribution in [0.2, 0.25) is 0 Å². The summed E-state index contributed by atoms with van der Waals surface area (Å²) in [6.07, 6.45) is 3.77. The molecule has 0 heterocycles. The predicted molar refractivity (Wildman–Crippen MR) is 77.2 cm³/mol. The molecule has 0 bridgehead atoms. The number of carbonyl (C=O) groups is 1. The van der Waals surface area contributed by atoms with Crippen LogP contribution in [0, 0.1) is 0 Å². The van der Waals surface area contributed by atoms with Crippen LogP contribution in [0.4, 0.5) is 0 Å². The SMILES string of the molecule is O=C(O)C1(NC2CC2)CCC(Oc2ccccc2CO)C1. The third-order valence-electron chi connectivity index (χ3n) is 4.37. The van der Waals surface area contributed by atoms with E-state index in [-0.39, 0.29) is 12.7 Å². The first-order chi connectivity index (χ1) is 10.1. The number of aliphatic hydroxyl groups excluding tert-OH is 1. The number of para-hydroxylation sites is 1. The molecule has 5 nitrogen and oxygen atoms in total. The summed E-state index contributed by atoms with van der Waals surface area (Å²) in [4.78, 5) is 11.6. The van der Waals surface area contributed by atoms with Gasteiger partial charge in [-0.3, -0.25) is 10.1 Å². The summed E-state index contributed by atoms with van der Waals surface area (Å²) < 4.78 is 5.94. The van der Waals surface area contributed by atoms with E-state index in [1.165, 1.54) is 0 Å². The van der Waals surface area contributed by atoms with Gasteiger partial charge in [0.1, 0.15) is 17.4 Å². The van der Waals surface area contributed by atoms with Crippen LogP contribution in [-0.2, 0) is 11.4 Å². The molecule has 2 saturated carbocycles. The van der Waals surface area contributed by atoms with Gasteiger partial charge in [-0.25, -0.2) is 0 Å². The molecule has 1 aromatic carbocycles. The van der Waals surface area contributed by atoms with Gasteiger partial charge in [-0.05, 0) is 31.7 Å². The van der Waals surface area contributed by atoms with E-state index in [1.54, 1.807) is 0 Å². The standard InChI is InChI=1S/C16H21NO4/c18-10-11-3-1-2-4-14(11)21-13-7-8-16(9-13,15(19)20)17-12-5-6-12/h1-4,12-13,17-18H,5-10H2,(H,19,20). The summed E-state index contributed by atoms with van der Waals surface area (Å²) >= 11 is 0. The number of aliphatic carboxylic acids is 1. The molecule has 3 rings (SSSR count). The summed E-state index contributed by atoms with van der Waals surface area (Å²) in [6.45, 7) is -0.0761. The lowest BCUT2D eigenvalue weighted by Crippen LogP contribution is -2.51. The van der Waals surface area contributed by atoms with E-state index in [0.29, 0.717) is 31.1 Å². The third kappa shape index (κ3) is 3.04. The number of ether oxygens (including phenoxy) is 1. The van der Waals surface area contributed by atoms with E-state index >= 15 is 0 Å². The molecule has 2 aliphatic carbocycles. The average molecular weight is 291 g/mol. The smallest absolute Gasteiger partial charge is 0.324 e. The van der Waals surface area contributed by atoms with Gasteiger partial charge in [0.05, 0.1) is 6.61 Å². The van der Waals surface area contributed by atoms with Crippen LogP contribution in [0.5, 0.6) is 5.75 Å². The van der Waals surface area contributed by atoms with Crippen LogP contribution in [0.1, 0.15) is 37.7 Å². The van der Waals surface area contributed by atoms with Crippen molar-refractivity contribution in [2.24, 2.45) is 0 Å². The maximum atomic E-state index is 11.6. The first-order valence-electron chi connectivity index (χ1n) is 7.49. The van der Waals surface area contributed by atoms with E-state index in [0.717, 1.165) is 18.4 Å². The predicted octanol–water partition coefficient (Wildman–Crippen LogP) is 1.69. The molecule has 0 spiro atoms. The lowest BCUT2D eigenvalue weighted by Gasteiger charge is -2.26. The van der Waals surface area contributed by atoms with Gasteiger partial charge >= 0.3 is 5.97 Å². The van der Waals surface area contributed by atoms with Crippen molar-refractivity contribution in [2.75, 3.05) is 0 Å². The topological polar surface area (TPSA) is 78.8 Å². The van der Waals surface area contributed by atoms with Gasteiger partial charge < -0.3 is 14.9 Å². The van der Waals surface area contributed by atoms with Crippen molar-refractivity contribution in [1.29, 1.82) is 0 Å². The summed E-state index contributed by atoms with van der Waals surface area (Å²) in [5, 5.41) is 22.2. The van der Waals surface area contributed by atoms with Gasteiger partial charge in [-0.2, -0.15) is 0 Å². The maximum Gasteiger partial charge on any atom is 0.324 e. The Balaban J connectivity index is 1.69. The molecule has 2 atom stereocenters. The Morgan fingerprint density at radius 3 is 2.76 bits per heavy atom. The molecule has 0 aromatic heterocycles. The number of carboxylic acids is 1. The van der Waals surface area contributed by atoms with Crippen molar-refractivity contribution < 1.29 is 19.7 Å². The first kappa shape index (κ1) is 14.4. The van der Waals surface area contributed by atoms with Crippen molar-refractivity contribution in [3.63, 3.8) is 0 Å². The van der Waals surface area contributed by atoms with Crippen molar-refractivity contribution in [1.82, 2.24) is 5.32 Å². The number of hydrogen-bond donors (Lipinski definition) is 3. The Morgan fingerprint density at radius 2 is 2.10 bits per heavy atom. The Labute approximate surface area is 123 Å². The summed E-state index contributed by atoms with van der Waals surface area (Å²) in [7, 11) is 0. The minimum absolute atomic E-state index is 0.0761. The minimum atomic E-state index is -0.847. The molecule has 1 aromatic rings. The fraction of sp³-hybridized carbons (Fsp3) is 0.562. The Hall–Kier alpha value is -1.59. The number of carboxylic acid groups (broad SMARTS) is 1. The number of rotatable bonds is 6. The molecule has 0 aliphatic heterocycles. The largest absolute Gasteiger partial charge is 0.490 e. The zero-order valence-electron chi connectivity index (χ0n) is 11.9. The van der Waals surface area contributed by atoms with Crippen molar-refractivity contribution in [3.8, 4) is 5.75 Å². The minimum Gasteiger partial charge on any atom is -0.490 e. The first-order valence-corrected chi connectivity index (χ1v) is 7.49. The molecule has 0 saturated heterocycles. The van der Waals surface area contributed by atoms with Gasteiger partial charge in [-0.15, -0.1) is 0 Å². The maximum absolute atomic E-state index is 11.6. The fourth-order valence-corrected chi connectivity index (χ4v) is 3.04. The van der Waals surface area contributed by atoms with E-state index in [2.05, 4.69) is 5.32 Å². The van der Waals surface area contributed by atoms with Crippen LogP contribution in [0.15, 0.2) is 24.3 Å². The highest BCUT2D eigenvalue weighted by Crippen LogP contribution is 2.36. The molecule has 3 N–H and O–H groups in total. The molecule has 5 heteroatoms. The van der Waals surface area contributed by atoms with Gasteiger partial charge in [-0.1, -0.05) is 18.2 Å². The average Bonchev–Trinajstić information content (AvgIpc) is 3.19. The molecular formula is C16H21NO4. The van der Waals surface area contributed by atoms with Gasteiger partial charge in [0.15, 0.2) is 0 Å². The van der Waals surface area contributed by atoms with Gasteiger partial charge in [0.25, 0.3) is 0 Å². The quantitative estimate of drug-likeness (QED) is 0.743. The number of hydrogen-bond acceptors (Lipinski definition) is 4. The third-order valence-corrected chi connectivity index (χ3v) is 4.37. The second-order valence-electron chi connectivity index (χ2n) is 6.05. The van der Waals surface area contributed by atoms with Crippen LogP contribution in [-0.4, -0.2) is 33.9 Å². The van der Waals surface area contributed by atoms with Crippen LogP contribution in [0.25, 0.3) is 0 Å². The highest BCUT2D eigenvalue weighted by Gasteiger charge is 2.49. The molecule has 0 radical (unpaired) electrons. The van der Waals surface area contributed by atoms with E-state index < -0.39 is 11.5 Å². The molecule has 2 unspecified atom stereocenters. The number of nitrogens with one attached hydrogen (secondary N) is 1. The Bertz CT molecular complexity index is 529. The zero-order chi connectivity index (χ0) is 14.9. The zero-order valence-corrected chi connectivity index (χ0v) is 11.9. The molecule has 114 valence electrons. The fourth-order valence-electron chi connectivity index (χ4n) is 3.04. The summed E-state index contributed by atoms with van der Waals surface area (Å²) in [5.74, 6) is -0.131. The highest BCUT2D eigenvalue weighted by atomic mass is 16.5. The number of aliphatic hydroxyl groups is 1. The summed E-state index contributed by atoms with van der Waals surface area (Å²) in [5.41, 5.74) is -0.111. The van der Waals surface area contributed by atoms with Crippen LogP contribution in [0.3, 0.4) is 0 Å². The lowest BCUT2D eigenvalue weighted by molar-refractivity contribution is -0.145. The monoisotopic (exact) mass is 291 g/mol. The van der Waals surface area contributed by atoms with Crippen molar-refractivity contribution in [3.05, 3.63) is 29.8 Å². The lowest BCUT2D eigenvalue weighted by atomic mass is 9.97. The molecule has 21 heavy (non-hydrogen) atoms. The number of benzene rings is 1. The molecular weight excluding hydrogens is 270 g/mol. The van der Waals surface area contributed by atoms with Crippen LogP contribution >= 0.6 is 0 Å². The van der Waals surface area contributed by atoms with E-state index in [9.17, 15) is 15.0 Å². The molecule has 2 fully saturated rings. The second-order valence-corrected chi connectivity index (χ2v) is 6.05. The highest BCUT2D eigenvalue weighted by molar-refractivity contribution is 5.79. The van der Waals surface area contributed by atoms with Crippen molar-refractivity contribution in [2.45, 2.75) is 56.4 Å². The van der Waals surface area contributed by atoms with Crippen LogP contribution < -0.4 is 10.1 Å². The van der Waals surface area contributed by atoms with E-state index in [1.807, 2.05) is 24.3 Å². The van der Waals surface area contributed by atoms with Gasteiger partial charge in [0.2, 0.25) is 0 Å². The Kier molecular flexibility index (Phi) is 3.87. The Morgan fingerprint density at radius 1 is 1.33 bits per heavy atom. The van der Waals surface area contributed by atoms with Crippen molar-refractivity contribution >= 4 is 5.97 Å². The normalized spacial score (nSPS) is 28.5.